The van der Waals surface area contributed by atoms with Crippen LogP contribution in [-0.2, 0) is 22.5 Å². The van der Waals surface area contributed by atoms with Crippen LogP contribution in [0.5, 0.6) is 0 Å². The predicted octanol–water partition coefficient (Wildman–Crippen LogP) is 4.52. The molecule has 0 amide bonds. The molecule has 0 N–H and O–H groups in total. The number of oxime groups is 2. The second kappa shape index (κ2) is 9.56. The highest BCUT2D eigenvalue weighted by Gasteiger charge is 2.19. The third-order valence-corrected chi connectivity index (χ3v) is 5.61. The molecule has 2 heterocycles. The fourth-order valence-corrected chi connectivity index (χ4v) is 3.93. The summed E-state index contributed by atoms with van der Waals surface area (Å²) in [5.41, 5.74) is 8.12. The molecule has 30 heavy (non-hydrogen) atoms. The Hall–Kier alpha value is -2.47. The Kier molecular flexibility index (Phi) is 6.62. The van der Waals surface area contributed by atoms with Crippen molar-refractivity contribution >= 4 is 23.0 Å². The number of rotatable bonds is 6. The minimum Gasteiger partial charge on any atom is -0.394 e. The van der Waals surface area contributed by atoms with Crippen molar-refractivity contribution in [3.8, 4) is 0 Å². The molecule has 0 saturated carbocycles. The summed E-state index contributed by atoms with van der Waals surface area (Å²) >= 11 is 6.35. The lowest BCUT2D eigenvalue weighted by Gasteiger charge is -2.17. The van der Waals surface area contributed by atoms with E-state index in [1.165, 1.54) is 11.1 Å². The number of fused-ring (bicyclic) bond motifs is 2. The summed E-state index contributed by atoms with van der Waals surface area (Å²) in [5, 5.41) is 8.28. The van der Waals surface area contributed by atoms with Crippen molar-refractivity contribution in [1.82, 2.24) is 9.97 Å². The highest BCUT2D eigenvalue weighted by molar-refractivity contribution is 6.20. The summed E-state index contributed by atoms with van der Waals surface area (Å²) in [7, 11) is 0. The number of alkyl halides is 1. The average molecular weight is 427 g/mol. The van der Waals surface area contributed by atoms with Gasteiger partial charge in [-0.2, -0.15) is 0 Å². The van der Waals surface area contributed by atoms with E-state index in [0.29, 0.717) is 0 Å². The van der Waals surface area contributed by atoms with Crippen molar-refractivity contribution in [2.24, 2.45) is 10.3 Å². The molecule has 0 saturated heterocycles. The number of hydrogen-bond donors (Lipinski definition) is 0. The topological polar surface area (TPSA) is 69.0 Å². The molecule has 0 aliphatic heterocycles. The number of halogens is 1. The highest BCUT2D eigenvalue weighted by atomic mass is 35.5. The molecule has 0 bridgehead atoms. The Morgan fingerprint density at radius 2 is 1.27 bits per heavy atom. The van der Waals surface area contributed by atoms with Crippen LogP contribution < -0.4 is 0 Å². The molecule has 2 aliphatic carbocycles. The maximum Gasteiger partial charge on any atom is 0.136 e. The van der Waals surface area contributed by atoms with Crippen molar-refractivity contribution in [3.63, 3.8) is 0 Å². The smallest absolute Gasteiger partial charge is 0.136 e. The summed E-state index contributed by atoms with van der Waals surface area (Å²) in [6, 6.07) is 8.34. The van der Waals surface area contributed by atoms with E-state index in [9.17, 15) is 0 Å². The molecule has 6 nitrogen and oxygen atoms in total. The van der Waals surface area contributed by atoms with E-state index in [2.05, 4.69) is 32.4 Å². The third kappa shape index (κ3) is 4.98. The average Bonchev–Trinajstić information content (AvgIpc) is 2.74. The van der Waals surface area contributed by atoms with Crippen LogP contribution in [0.3, 0.4) is 0 Å². The molecule has 0 aromatic carbocycles. The molecular weight excluding hydrogens is 400 g/mol. The predicted molar refractivity (Wildman–Crippen MR) is 118 cm³/mol. The van der Waals surface area contributed by atoms with Gasteiger partial charge in [-0.15, -0.1) is 11.6 Å². The van der Waals surface area contributed by atoms with Gasteiger partial charge in [0.2, 0.25) is 0 Å². The Labute approximate surface area is 182 Å². The zero-order valence-corrected chi connectivity index (χ0v) is 18.3. The Morgan fingerprint density at radius 1 is 0.800 bits per heavy atom. The van der Waals surface area contributed by atoms with Gasteiger partial charge in [-0.05, 0) is 75.6 Å². The standard InChI is InChI=1S/C23H27ClN4O2/c1-15-9-11-17-5-3-7-20(22(17)25-15)27-29-13-19(24)14-30-28-21-8-4-6-18-12-10-16(2)26-23(18)21/h9-12,19H,3-8,13-14H2,1-2H3. The largest absolute Gasteiger partial charge is 0.394 e. The van der Waals surface area contributed by atoms with Crippen LogP contribution in [0.15, 0.2) is 34.6 Å². The molecule has 0 fully saturated rings. The van der Waals surface area contributed by atoms with E-state index in [1.54, 1.807) is 0 Å². The minimum atomic E-state index is -0.347. The van der Waals surface area contributed by atoms with E-state index >= 15 is 0 Å². The molecule has 2 aliphatic rings. The van der Waals surface area contributed by atoms with Gasteiger partial charge in [0.1, 0.15) is 30.0 Å². The van der Waals surface area contributed by atoms with E-state index < -0.39 is 0 Å². The van der Waals surface area contributed by atoms with Crippen LogP contribution in [0.2, 0.25) is 0 Å². The lowest BCUT2D eigenvalue weighted by Crippen LogP contribution is -2.19. The fourth-order valence-electron chi connectivity index (χ4n) is 3.82. The van der Waals surface area contributed by atoms with Gasteiger partial charge in [0.25, 0.3) is 0 Å². The summed E-state index contributed by atoms with van der Waals surface area (Å²) in [4.78, 5) is 20.3. The van der Waals surface area contributed by atoms with Gasteiger partial charge in [0.05, 0.1) is 11.4 Å². The first-order valence-corrected chi connectivity index (χ1v) is 11.0. The van der Waals surface area contributed by atoms with Gasteiger partial charge in [-0.3, -0.25) is 9.97 Å². The molecule has 0 radical (unpaired) electrons. The first kappa shape index (κ1) is 20.8. The van der Waals surface area contributed by atoms with Crippen molar-refractivity contribution in [1.29, 1.82) is 0 Å². The van der Waals surface area contributed by atoms with Gasteiger partial charge in [0, 0.05) is 11.4 Å². The third-order valence-electron chi connectivity index (χ3n) is 5.36. The van der Waals surface area contributed by atoms with Crippen molar-refractivity contribution in [2.75, 3.05) is 13.2 Å². The first-order chi connectivity index (χ1) is 14.6. The number of hydrogen-bond acceptors (Lipinski definition) is 6. The number of aromatic nitrogens is 2. The number of aryl methyl sites for hydroxylation is 4. The molecule has 0 unspecified atom stereocenters. The quantitative estimate of drug-likeness (QED) is 0.503. The van der Waals surface area contributed by atoms with Crippen LogP contribution in [0.25, 0.3) is 0 Å². The number of pyridine rings is 2. The zero-order chi connectivity index (χ0) is 20.9. The van der Waals surface area contributed by atoms with E-state index in [-0.39, 0.29) is 18.6 Å². The van der Waals surface area contributed by atoms with Crippen LogP contribution in [-0.4, -0.2) is 40.0 Å². The zero-order valence-electron chi connectivity index (χ0n) is 17.5. The molecule has 4 rings (SSSR count). The van der Waals surface area contributed by atoms with E-state index in [1.807, 2.05) is 26.0 Å². The maximum atomic E-state index is 6.35. The summed E-state index contributed by atoms with van der Waals surface area (Å²) in [6.07, 6.45) is 5.91. The van der Waals surface area contributed by atoms with Crippen molar-refractivity contribution in [3.05, 3.63) is 58.2 Å². The van der Waals surface area contributed by atoms with E-state index in [4.69, 9.17) is 21.3 Å². The molecule has 7 heteroatoms. The Morgan fingerprint density at radius 3 is 1.73 bits per heavy atom. The van der Waals surface area contributed by atoms with Crippen molar-refractivity contribution < 1.29 is 9.68 Å². The van der Waals surface area contributed by atoms with Crippen LogP contribution in [0.1, 0.15) is 59.6 Å². The monoisotopic (exact) mass is 426 g/mol. The molecule has 2 aromatic rings. The Balaban J connectivity index is 1.30. The maximum absolute atomic E-state index is 6.35. The first-order valence-electron chi connectivity index (χ1n) is 10.6. The van der Waals surface area contributed by atoms with Gasteiger partial charge >= 0.3 is 0 Å². The highest BCUT2D eigenvalue weighted by Crippen LogP contribution is 2.22. The fraction of sp³-hybridized carbons (Fsp3) is 0.478. The van der Waals surface area contributed by atoms with Crippen LogP contribution in [0, 0.1) is 13.8 Å². The summed E-state index contributed by atoms with van der Waals surface area (Å²) < 4.78 is 0. The van der Waals surface area contributed by atoms with Gasteiger partial charge in [0.15, 0.2) is 0 Å². The summed E-state index contributed by atoms with van der Waals surface area (Å²) in [6.45, 7) is 4.49. The van der Waals surface area contributed by atoms with Gasteiger partial charge in [-0.1, -0.05) is 22.4 Å². The Bertz CT molecular complexity index is 896. The molecule has 2 aromatic heterocycles. The van der Waals surface area contributed by atoms with Gasteiger partial charge in [-0.25, -0.2) is 0 Å². The second-order valence-electron chi connectivity index (χ2n) is 7.89. The lowest BCUT2D eigenvalue weighted by atomic mass is 9.94. The van der Waals surface area contributed by atoms with Gasteiger partial charge < -0.3 is 9.68 Å². The van der Waals surface area contributed by atoms with Crippen LogP contribution in [0.4, 0.5) is 0 Å². The van der Waals surface area contributed by atoms with Crippen LogP contribution >= 0.6 is 11.6 Å². The molecular formula is C23H27ClN4O2. The SMILES string of the molecule is Cc1ccc2c(n1)C(=NOCC(Cl)CON=C1CCCc3ccc(C)nc31)CCC2. The normalized spacial score (nSPS) is 19.3. The molecule has 158 valence electrons. The van der Waals surface area contributed by atoms with E-state index in [0.717, 1.165) is 72.7 Å². The lowest BCUT2D eigenvalue weighted by molar-refractivity contribution is 0.0928. The second-order valence-corrected chi connectivity index (χ2v) is 8.51. The minimum absolute atomic E-state index is 0.255. The molecule has 0 spiro atoms. The number of nitrogens with zero attached hydrogens (tertiary/aromatic N) is 4. The van der Waals surface area contributed by atoms with Crippen molar-refractivity contribution in [2.45, 2.75) is 57.7 Å². The molecule has 0 atom stereocenters. The summed E-state index contributed by atoms with van der Waals surface area (Å²) in [5.74, 6) is 0.